The Labute approximate surface area is 113 Å². The molecule has 1 aliphatic heterocycles. The standard InChI is InChI=1S/C15H31N3/c1-13-9-18(10-14(2)17(13)4)12-15(11-16-3)7-5-6-8-15/h13-14,16H,5-12H2,1-4H3. The van der Waals surface area contributed by atoms with Crippen molar-refractivity contribution in [2.75, 3.05) is 40.3 Å². The molecule has 0 radical (unpaired) electrons. The molecule has 0 aromatic carbocycles. The fraction of sp³-hybridized carbons (Fsp3) is 1.00. The quantitative estimate of drug-likeness (QED) is 0.824. The summed E-state index contributed by atoms with van der Waals surface area (Å²) >= 11 is 0. The number of likely N-dealkylation sites (N-methyl/N-ethyl adjacent to an activating group) is 1. The van der Waals surface area contributed by atoms with Crippen LogP contribution in [-0.2, 0) is 0 Å². The van der Waals surface area contributed by atoms with Gasteiger partial charge in [0, 0.05) is 38.3 Å². The molecule has 3 nitrogen and oxygen atoms in total. The minimum Gasteiger partial charge on any atom is -0.319 e. The molecule has 1 heterocycles. The summed E-state index contributed by atoms with van der Waals surface area (Å²) in [5.74, 6) is 0. The van der Waals surface area contributed by atoms with Gasteiger partial charge in [-0.05, 0) is 46.2 Å². The average Bonchev–Trinajstić information content (AvgIpc) is 2.75. The van der Waals surface area contributed by atoms with E-state index in [0.717, 1.165) is 0 Å². The van der Waals surface area contributed by atoms with Crippen LogP contribution < -0.4 is 5.32 Å². The van der Waals surface area contributed by atoms with Gasteiger partial charge in [-0.25, -0.2) is 0 Å². The van der Waals surface area contributed by atoms with E-state index in [1.165, 1.54) is 51.9 Å². The summed E-state index contributed by atoms with van der Waals surface area (Å²) in [6.07, 6.45) is 5.70. The zero-order valence-electron chi connectivity index (χ0n) is 12.7. The van der Waals surface area contributed by atoms with Crippen molar-refractivity contribution in [1.29, 1.82) is 0 Å². The summed E-state index contributed by atoms with van der Waals surface area (Å²) in [6.45, 7) is 9.71. The van der Waals surface area contributed by atoms with Gasteiger partial charge in [-0.15, -0.1) is 0 Å². The number of hydrogen-bond acceptors (Lipinski definition) is 3. The van der Waals surface area contributed by atoms with Crippen molar-refractivity contribution in [3.63, 3.8) is 0 Å². The molecule has 0 bridgehead atoms. The first-order chi connectivity index (χ1) is 8.56. The highest BCUT2D eigenvalue weighted by Gasteiger charge is 2.37. The summed E-state index contributed by atoms with van der Waals surface area (Å²) in [6, 6.07) is 1.39. The molecule has 2 atom stereocenters. The second-order valence-electron chi connectivity index (χ2n) is 6.80. The molecule has 1 N–H and O–H groups in total. The summed E-state index contributed by atoms with van der Waals surface area (Å²) in [7, 11) is 4.38. The number of rotatable bonds is 4. The normalized spacial score (nSPS) is 34.0. The van der Waals surface area contributed by atoms with Gasteiger partial charge in [0.05, 0.1) is 0 Å². The second-order valence-corrected chi connectivity index (χ2v) is 6.80. The van der Waals surface area contributed by atoms with E-state index in [4.69, 9.17) is 0 Å². The molecular formula is C15H31N3. The van der Waals surface area contributed by atoms with E-state index < -0.39 is 0 Å². The molecule has 1 saturated heterocycles. The predicted octanol–water partition coefficient (Wildman–Crippen LogP) is 1.79. The minimum atomic E-state index is 0.560. The molecule has 18 heavy (non-hydrogen) atoms. The summed E-state index contributed by atoms with van der Waals surface area (Å²) in [5, 5.41) is 3.43. The molecule has 1 aliphatic carbocycles. The largest absolute Gasteiger partial charge is 0.319 e. The average molecular weight is 253 g/mol. The molecule has 3 heteroatoms. The molecule has 106 valence electrons. The van der Waals surface area contributed by atoms with Crippen molar-refractivity contribution in [1.82, 2.24) is 15.1 Å². The van der Waals surface area contributed by atoms with Gasteiger partial charge < -0.3 is 5.32 Å². The highest BCUT2D eigenvalue weighted by molar-refractivity contribution is 4.92. The maximum atomic E-state index is 3.43. The van der Waals surface area contributed by atoms with Crippen LogP contribution in [0.5, 0.6) is 0 Å². The smallest absolute Gasteiger partial charge is 0.0195 e. The predicted molar refractivity (Wildman–Crippen MR) is 78.0 cm³/mol. The first-order valence-corrected chi connectivity index (χ1v) is 7.65. The first kappa shape index (κ1) is 14.3. The molecule has 0 spiro atoms. The highest BCUT2D eigenvalue weighted by Crippen LogP contribution is 2.38. The van der Waals surface area contributed by atoms with Crippen molar-refractivity contribution in [3.8, 4) is 0 Å². The third kappa shape index (κ3) is 3.06. The van der Waals surface area contributed by atoms with Crippen LogP contribution in [0.4, 0.5) is 0 Å². The molecule has 0 amide bonds. The lowest BCUT2D eigenvalue weighted by Crippen LogP contribution is -2.57. The molecule has 2 unspecified atom stereocenters. The second kappa shape index (κ2) is 5.89. The molecule has 1 saturated carbocycles. The van der Waals surface area contributed by atoms with E-state index in [1.807, 2.05) is 0 Å². The van der Waals surface area contributed by atoms with Gasteiger partial charge in [0.15, 0.2) is 0 Å². The van der Waals surface area contributed by atoms with Crippen LogP contribution in [0.25, 0.3) is 0 Å². The van der Waals surface area contributed by atoms with E-state index in [2.05, 4.69) is 43.1 Å². The lowest BCUT2D eigenvalue weighted by atomic mass is 9.85. The molecule has 2 fully saturated rings. The number of nitrogens with zero attached hydrogens (tertiary/aromatic N) is 2. The number of nitrogens with one attached hydrogen (secondary N) is 1. The first-order valence-electron chi connectivity index (χ1n) is 7.65. The van der Waals surface area contributed by atoms with Crippen LogP contribution >= 0.6 is 0 Å². The van der Waals surface area contributed by atoms with Crippen molar-refractivity contribution in [2.45, 2.75) is 51.6 Å². The maximum absolute atomic E-state index is 3.43. The highest BCUT2D eigenvalue weighted by atomic mass is 15.3. The van der Waals surface area contributed by atoms with Gasteiger partial charge in [0.25, 0.3) is 0 Å². The fourth-order valence-electron chi connectivity index (χ4n) is 4.01. The topological polar surface area (TPSA) is 18.5 Å². The molecule has 2 rings (SSSR count). The van der Waals surface area contributed by atoms with Crippen LogP contribution in [0.2, 0.25) is 0 Å². The summed E-state index contributed by atoms with van der Waals surface area (Å²) < 4.78 is 0. The van der Waals surface area contributed by atoms with Crippen molar-refractivity contribution < 1.29 is 0 Å². The lowest BCUT2D eigenvalue weighted by Gasteiger charge is -2.45. The Morgan fingerprint density at radius 1 is 1.11 bits per heavy atom. The van der Waals surface area contributed by atoms with Gasteiger partial charge in [0.1, 0.15) is 0 Å². The Kier molecular flexibility index (Phi) is 4.68. The SMILES string of the molecule is CNCC1(CN2CC(C)N(C)C(C)C2)CCCC1. The Hall–Kier alpha value is -0.120. The van der Waals surface area contributed by atoms with E-state index >= 15 is 0 Å². The Balaban J connectivity index is 1.95. The van der Waals surface area contributed by atoms with Crippen molar-refractivity contribution in [3.05, 3.63) is 0 Å². The Bertz CT molecular complexity index is 248. The molecule has 2 aliphatic rings. The van der Waals surface area contributed by atoms with E-state index in [1.54, 1.807) is 0 Å². The van der Waals surface area contributed by atoms with Crippen LogP contribution in [0, 0.1) is 5.41 Å². The van der Waals surface area contributed by atoms with E-state index in [-0.39, 0.29) is 0 Å². The Morgan fingerprint density at radius 2 is 1.67 bits per heavy atom. The Morgan fingerprint density at radius 3 is 2.17 bits per heavy atom. The number of hydrogen-bond donors (Lipinski definition) is 1. The van der Waals surface area contributed by atoms with Crippen LogP contribution in [0.3, 0.4) is 0 Å². The third-order valence-corrected chi connectivity index (χ3v) is 5.21. The minimum absolute atomic E-state index is 0.560. The number of piperazine rings is 1. The van der Waals surface area contributed by atoms with Crippen LogP contribution in [0.15, 0.2) is 0 Å². The van der Waals surface area contributed by atoms with Gasteiger partial charge in [-0.1, -0.05) is 12.8 Å². The molecular weight excluding hydrogens is 222 g/mol. The van der Waals surface area contributed by atoms with Crippen LogP contribution in [0.1, 0.15) is 39.5 Å². The molecule has 0 aromatic rings. The van der Waals surface area contributed by atoms with Crippen molar-refractivity contribution >= 4 is 0 Å². The van der Waals surface area contributed by atoms with Gasteiger partial charge in [-0.3, -0.25) is 9.80 Å². The van der Waals surface area contributed by atoms with Crippen LogP contribution in [-0.4, -0.2) is 62.2 Å². The van der Waals surface area contributed by atoms with E-state index in [9.17, 15) is 0 Å². The third-order valence-electron chi connectivity index (χ3n) is 5.21. The lowest BCUT2D eigenvalue weighted by molar-refractivity contribution is 0.0324. The summed E-state index contributed by atoms with van der Waals surface area (Å²) in [4.78, 5) is 5.24. The zero-order valence-corrected chi connectivity index (χ0v) is 12.7. The monoisotopic (exact) mass is 253 g/mol. The fourth-order valence-corrected chi connectivity index (χ4v) is 4.01. The van der Waals surface area contributed by atoms with E-state index in [0.29, 0.717) is 17.5 Å². The van der Waals surface area contributed by atoms with Crippen molar-refractivity contribution in [2.24, 2.45) is 5.41 Å². The maximum Gasteiger partial charge on any atom is 0.0195 e. The van der Waals surface area contributed by atoms with Gasteiger partial charge in [-0.2, -0.15) is 0 Å². The molecule has 0 aromatic heterocycles. The van der Waals surface area contributed by atoms with Gasteiger partial charge >= 0.3 is 0 Å². The zero-order chi connectivity index (χ0) is 13.2. The van der Waals surface area contributed by atoms with Gasteiger partial charge in [0.2, 0.25) is 0 Å². The summed E-state index contributed by atoms with van der Waals surface area (Å²) in [5.41, 5.74) is 0.560.